The zero-order chi connectivity index (χ0) is 25.1. The summed E-state index contributed by atoms with van der Waals surface area (Å²) in [4.78, 5) is 32.6. The molecule has 0 fully saturated rings. The average molecular weight is 499 g/mol. The molecule has 1 aliphatic carbocycles. The van der Waals surface area contributed by atoms with Crippen molar-refractivity contribution >= 4 is 39.1 Å². The lowest BCUT2D eigenvalue weighted by molar-refractivity contribution is 0.0526. The maximum atomic E-state index is 13.7. The normalized spacial score (nSPS) is 12.8. The van der Waals surface area contributed by atoms with E-state index in [9.17, 15) is 9.59 Å². The maximum Gasteiger partial charge on any atom is 0.341 e. The predicted molar refractivity (Wildman–Crippen MR) is 146 cm³/mol. The number of esters is 1. The van der Waals surface area contributed by atoms with Gasteiger partial charge in [0.15, 0.2) is 0 Å². The fourth-order valence-electron chi connectivity index (χ4n) is 4.89. The summed E-state index contributed by atoms with van der Waals surface area (Å²) < 4.78 is 5.36. The van der Waals surface area contributed by atoms with Crippen molar-refractivity contribution in [2.75, 3.05) is 11.9 Å². The molecule has 0 atom stereocenters. The number of anilines is 1. The molecular weight excluding hydrogens is 468 g/mol. The highest BCUT2D eigenvalue weighted by molar-refractivity contribution is 7.17. The van der Waals surface area contributed by atoms with Crippen LogP contribution in [0.25, 0.3) is 22.2 Å². The number of aryl methyl sites for hydroxylation is 2. The van der Waals surface area contributed by atoms with Crippen molar-refractivity contribution in [2.24, 2.45) is 0 Å². The molecule has 2 aromatic carbocycles. The first-order valence-corrected chi connectivity index (χ1v) is 13.5. The van der Waals surface area contributed by atoms with Crippen LogP contribution in [0.1, 0.15) is 69.8 Å². The van der Waals surface area contributed by atoms with Crippen LogP contribution in [0.2, 0.25) is 0 Å². The molecule has 0 bridgehead atoms. The summed E-state index contributed by atoms with van der Waals surface area (Å²) in [6.45, 7) is 4.27. The van der Waals surface area contributed by atoms with Gasteiger partial charge in [0.2, 0.25) is 0 Å². The van der Waals surface area contributed by atoms with Crippen LogP contribution in [0.3, 0.4) is 0 Å². The van der Waals surface area contributed by atoms with Crippen LogP contribution in [-0.2, 0) is 24.0 Å². The van der Waals surface area contributed by atoms with Gasteiger partial charge in [-0.05, 0) is 62.3 Å². The number of nitrogens with zero attached hydrogens (tertiary/aromatic N) is 1. The first kappa shape index (κ1) is 24.2. The van der Waals surface area contributed by atoms with Gasteiger partial charge in [-0.2, -0.15) is 0 Å². The van der Waals surface area contributed by atoms with Crippen LogP contribution in [0.5, 0.6) is 0 Å². The lowest BCUT2D eigenvalue weighted by Gasteiger charge is -2.13. The van der Waals surface area contributed by atoms with Crippen molar-refractivity contribution in [3.8, 4) is 11.3 Å². The number of aromatic nitrogens is 1. The van der Waals surface area contributed by atoms with Crippen LogP contribution >= 0.6 is 11.3 Å². The van der Waals surface area contributed by atoms with Gasteiger partial charge >= 0.3 is 5.97 Å². The maximum absolute atomic E-state index is 13.7. The molecule has 0 saturated carbocycles. The Balaban J connectivity index is 1.54. The summed E-state index contributed by atoms with van der Waals surface area (Å²) in [5.74, 6) is -0.610. The number of fused-ring (bicyclic) bond motifs is 2. The number of hydrogen-bond donors (Lipinski definition) is 1. The summed E-state index contributed by atoms with van der Waals surface area (Å²) in [5, 5.41) is 4.43. The van der Waals surface area contributed by atoms with Crippen molar-refractivity contribution in [3.63, 3.8) is 0 Å². The number of carbonyl (C=O) groups is 2. The number of para-hydroxylation sites is 1. The summed E-state index contributed by atoms with van der Waals surface area (Å²) >= 11 is 1.50. The van der Waals surface area contributed by atoms with E-state index >= 15 is 0 Å². The Hall–Kier alpha value is -3.51. The second kappa shape index (κ2) is 10.6. The number of nitrogens with one attached hydrogen (secondary N) is 1. The van der Waals surface area contributed by atoms with Gasteiger partial charge in [0.1, 0.15) is 5.00 Å². The van der Waals surface area contributed by atoms with Crippen LogP contribution < -0.4 is 5.32 Å². The summed E-state index contributed by atoms with van der Waals surface area (Å²) in [7, 11) is 0. The lowest BCUT2D eigenvalue weighted by Crippen LogP contribution is -2.16. The van der Waals surface area contributed by atoms with E-state index in [2.05, 4.69) is 36.5 Å². The fraction of sp³-hybridized carbons (Fsp3) is 0.300. The van der Waals surface area contributed by atoms with E-state index in [0.29, 0.717) is 22.7 Å². The highest BCUT2D eigenvalue weighted by Crippen LogP contribution is 2.39. The van der Waals surface area contributed by atoms with Gasteiger partial charge in [-0.3, -0.25) is 4.79 Å². The summed E-state index contributed by atoms with van der Waals surface area (Å²) in [6, 6.07) is 17.9. The summed E-state index contributed by atoms with van der Waals surface area (Å²) in [5.41, 5.74) is 5.85. The smallest absolute Gasteiger partial charge is 0.341 e. The van der Waals surface area contributed by atoms with E-state index in [1.54, 1.807) is 6.92 Å². The third-order valence-corrected chi connectivity index (χ3v) is 7.83. The van der Waals surface area contributed by atoms with E-state index in [0.717, 1.165) is 66.2 Å². The largest absolute Gasteiger partial charge is 0.462 e. The molecule has 5 rings (SSSR count). The monoisotopic (exact) mass is 498 g/mol. The molecule has 1 N–H and O–H groups in total. The zero-order valence-corrected chi connectivity index (χ0v) is 21.5. The van der Waals surface area contributed by atoms with Gasteiger partial charge in [0.05, 0.1) is 28.9 Å². The van der Waals surface area contributed by atoms with Gasteiger partial charge in [-0.15, -0.1) is 11.3 Å². The summed E-state index contributed by atoms with van der Waals surface area (Å²) in [6.07, 6.45) is 6.03. The fourth-order valence-corrected chi connectivity index (χ4v) is 6.16. The molecule has 0 saturated heterocycles. The van der Waals surface area contributed by atoms with Crippen molar-refractivity contribution < 1.29 is 14.3 Å². The number of rotatable bonds is 7. The minimum atomic E-state index is -0.361. The molecule has 5 nitrogen and oxygen atoms in total. The topological polar surface area (TPSA) is 68.3 Å². The molecule has 36 heavy (non-hydrogen) atoms. The Kier molecular flexibility index (Phi) is 7.14. The third kappa shape index (κ3) is 4.78. The molecule has 1 aliphatic rings. The number of ether oxygens (including phenoxy) is 1. The van der Waals surface area contributed by atoms with Crippen molar-refractivity contribution in [3.05, 3.63) is 81.7 Å². The number of hydrogen-bond acceptors (Lipinski definition) is 5. The molecular formula is C30H30N2O3S. The van der Waals surface area contributed by atoms with Crippen LogP contribution in [0, 0.1) is 0 Å². The van der Waals surface area contributed by atoms with E-state index in [1.165, 1.54) is 21.8 Å². The lowest BCUT2D eigenvalue weighted by atomic mass is 9.95. The average Bonchev–Trinajstić information content (AvgIpc) is 3.26. The number of carbonyl (C=O) groups excluding carboxylic acids is 2. The van der Waals surface area contributed by atoms with Crippen molar-refractivity contribution in [2.45, 2.75) is 52.4 Å². The molecule has 0 aliphatic heterocycles. The Bertz CT molecular complexity index is 1420. The van der Waals surface area contributed by atoms with Gasteiger partial charge in [-0.1, -0.05) is 55.8 Å². The Morgan fingerprint density at radius 2 is 1.81 bits per heavy atom. The van der Waals surface area contributed by atoms with E-state index in [4.69, 9.17) is 9.72 Å². The zero-order valence-electron chi connectivity index (χ0n) is 20.7. The Morgan fingerprint density at radius 3 is 2.58 bits per heavy atom. The highest BCUT2D eigenvalue weighted by atomic mass is 32.1. The van der Waals surface area contributed by atoms with E-state index in [1.807, 2.05) is 30.3 Å². The van der Waals surface area contributed by atoms with Gasteiger partial charge in [0, 0.05) is 15.8 Å². The molecule has 184 valence electrons. The molecule has 2 heterocycles. The first-order valence-electron chi connectivity index (χ1n) is 12.7. The third-order valence-electron chi connectivity index (χ3n) is 6.63. The SMILES string of the molecule is CCCc1ccc(-c2cc(C(=O)Nc3sc4c(c3C(=O)OCC)CCCC4)c3ccccc3n2)cc1. The number of thiophene rings is 1. The van der Waals surface area contributed by atoms with Crippen LogP contribution in [-0.4, -0.2) is 23.5 Å². The van der Waals surface area contributed by atoms with Gasteiger partial charge in [-0.25, -0.2) is 9.78 Å². The van der Waals surface area contributed by atoms with Crippen LogP contribution in [0.4, 0.5) is 5.00 Å². The number of pyridine rings is 1. The standard InChI is InChI=1S/C30H30N2O3S/c1-3-9-19-14-16-20(17-15-19)25-18-23(21-10-5-7-12-24(21)31-25)28(33)32-29-27(30(34)35-4-2)22-11-6-8-13-26(22)36-29/h5,7,10,12,14-18H,3-4,6,8-9,11,13H2,1-2H3,(H,32,33). The molecule has 0 radical (unpaired) electrons. The Morgan fingerprint density at radius 1 is 1.03 bits per heavy atom. The molecule has 4 aromatic rings. The van der Waals surface area contributed by atoms with E-state index < -0.39 is 0 Å². The second-order valence-corrected chi connectivity index (χ2v) is 10.2. The molecule has 0 spiro atoms. The molecule has 0 unspecified atom stereocenters. The highest BCUT2D eigenvalue weighted by Gasteiger charge is 2.28. The number of amides is 1. The van der Waals surface area contributed by atoms with E-state index in [-0.39, 0.29) is 11.9 Å². The quantitative estimate of drug-likeness (QED) is 0.273. The van der Waals surface area contributed by atoms with Gasteiger partial charge < -0.3 is 10.1 Å². The van der Waals surface area contributed by atoms with Gasteiger partial charge in [0.25, 0.3) is 5.91 Å². The minimum Gasteiger partial charge on any atom is -0.462 e. The van der Waals surface area contributed by atoms with Crippen molar-refractivity contribution in [1.82, 2.24) is 4.98 Å². The number of benzene rings is 2. The Labute approximate surface area is 215 Å². The molecule has 2 aromatic heterocycles. The minimum absolute atomic E-state index is 0.249. The van der Waals surface area contributed by atoms with Crippen LogP contribution in [0.15, 0.2) is 54.6 Å². The molecule has 1 amide bonds. The molecule has 6 heteroatoms. The second-order valence-electron chi connectivity index (χ2n) is 9.11. The van der Waals surface area contributed by atoms with Crippen molar-refractivity contribution in [1.29, 1.82) is 0 Å². The predicted octanol–water partition coefficient (Wildman–Crippen LogP) is 7.22. The first-order chi connectivity index (χ1) is 17.6.